The standard InChI is InChI=1S/C16H25NO4S2/c1-5-11-17(12-6-2)23(20,21)15-9-7-14(8-10-15)16(18)13-22(3,4)19/h7-10,13H,5-6,11-12H2,1-4H3. The maximum absolute atomic E-state index is 12.6. The fourth-order valence-electron chi connectivity index (χ4n) is 2.12. The Labute approximate surface area is 139 Å². The van der Waals surface area contributed by atoms with Crippen molar-refractivity contribution < 1.29 is 17.4 Å². The van der Waals surface area contributed by atoms with E-state index in [0.29, 0.717) is 18.7 Å². The van der Waals surface area contributed by atoms with E-state index in [1.807, 2.05) is 13.8 Å². The van der Waals surface area contributed by atoms with Crippen LogP contribution in [0.5, 0.6) is 0 Å². The molecule has 0 atom stereocenters. The molecule has 0 fully saturated rings. The average molecular weight is 360 g/mol. The molecule has 130 valence electrons. The molecule has 0 unspecified atom stereocenters. The van der Waals surface area contributed by atoms with Gasteiger partial charge < -0.3 is 0 Å². The third kappa shape index (κ3) is 5.75. The predicted molar refractivity (Wildman–Crippen MR) is 96.2 cm³/mol. The summed E-state index contributed by atoms with van der Waals surface area (Å²) in [5.74, 6) is -0.358. The summed E-state index contributed by atoms with van der Waals surface area (Å²) >= 11 is 0. The number of rotatable bonds is 8. The highest BCUT2D eigenvalue weighted by molar-refractivity contribution is 8.01. The van der Waals surface area contributed by atoms with Crippen molar-refractivity contribution in [3.63, 3.8) is 0 Å². The van der Waals surface area contributed by atoms with Crippen LogP contribution in [0.15, 0.2) is 29.2 Å². The number of sulfonamides is 1. The Bertz CT molecular complexity index is 744. The van der Waals surface area contributed by atoms with Crippen LogP contribution in [0.2, 0.25) is 0 Å². The van der Waals surface area contributed by atoms with Gasteiger partial charge in [0, 0.05) is 36.5 Å². The van der Waals surface area contributed by atoms with Gasteiger partial charge in [-0.15, -0.1) is 0 Å². The summed E-state index contributed by atoms with van der Waals surface area (Å²) in [5.41, 5.74) is 0.331. The molecule has 1 aromatic rings. The number of benzene rings is 1. The molecule has 0 saturated heterocycles. The molecule has 5 nitrogen and oxygen atoms in total. The number of carbonyl (C=O) groups excluding carboxylic acids is 1. The lowest BCUT2D eigenvalue weighted by atomic mass is 10.2. The molecule has 0 radical (unpaired) electrons. The zero-order chi connectivity index (χ0) is 17.7. The summed E-state index contributed by atoms with van der Waals surface area (Å²) in [5, 5.41) is 1.18. The van der Waals surface area contributed by atoms with Gasteiger partial charge in [-0.3, -0.25) is 9.00 Å². The van der Waals surface area contributed by atoms with Crippen molar-refractivity contribution >= 4 is 30.7 Å². The minimum absolute atomic E-state index is 0.171. The van der Waals surface area contributed by atoms with Gasteiger partial charge in [0.2, 0.25) is 10.0 Å². The van der Waals surface area contributed by atoms with Crippen LogP contribution in [0.25, 0.3) is 0 Å². The molecular weight excluding hydrogens is 334 g/mol. The molecule has 0 spiro atoms. The first-order valence-corrected chi connectivity index (χ1v) is 11.4. The lowest BCUT2D eigenvalue weighted by Crippen LogP contribution is -2.32. The van der Waals surface area contributed by atoms with Crippen molar-refractivity contribution in [3.05, 3.63) is 29.8 Å². The minimum Gasteiger partial charge on any atom is -0.289 e. The van der Waals surface area contributed by atoms with Crippen molar-refractivity contribution in [1.29, 1.82) is 0 Å². The van der Waals surface area contributed by atoms with Gasteiger partial charge in [-0.1, -0.05) is 13.8 Å². The highest BCUT2D eigenvalue weighted by atomic mass is 32.2. The van der Waals surface area contributed by atoms with Crippen molar-refractivity contribution in [2.45, 2.75) is 31.6 Å². The number of nitrogens with zero attached hydrogens (tertiary/aromatic N) is 1. The Morgan fingerprint density at radius 3 is 1.87 bits per heavy atom. The van der Waals surface area contributed by atoms with E-state index >= 15 is 0 Å². The van der Waals surface area contributed by atoms with E-state index in [4.69, 9.17) is 0 Å². The Morgan fingerprint density at radius 1 is 1.00 bits per heavy atom. The second-order valence-electron chi connectivity index (χ2n) is 5.72. The Morgan fingerprint density at radius 2 is 1.48 bits per heavy atom. The number of carbonyl (C=O) groups is 1. The van der Waals surface area contributed by atoms with E-state index in [1.165, 1.54) is 46.4 Å². The summed E-state index contributed by atoms with van der Waals surface area (Å²) in [4.78, 5) is 12.1. The smallest absolute Gasteiger partial charge is 0.243 e. The van der Waals surface area contributed by atoms with Crippen molar-refractivity contribution in [3.8, 4) is 0 Å². The van der Waals surface area contributed by atoms with Crippen molar-refractivity contribution in [2.24, 2.45) is 0 Å². The molecule has 0 N–H and O–H groups in total. The van der Waals surface area contributed by atoms with Gasteiger partial charge in [0.1, 0.15) is 0 Å². The molecule has 0 saturated carbocycles. The number of hydrogen-bond acceptors (Lipinski definition) is 4. The second-order valence-corrected chi connectivity index (χ2v) is 10.5. The maximum atomic E-state index is 12.6. The van der Waals surface area contributed by atoms with E-state index in [0.717, 1.165) is 12.8 Å². The van der Waals surface area contributed by atoms with E-state index in [-0.39, 0.29) is 10.7 Å². The SMILES string of the molecule is CCCN(CCC)S(=O)(=O)c1ccc(C(=O)C=S(C)(C)=O)cc1. The molecule has 0 aliphatic carbocycles. The van der Waals surface area contributed by atoms with Crippen LogP contribution in [0.4, 0.5) is 0 Å². The zero-order valence-electron chi connectivity index (χ0n) is 14.1. The summed E-state index contributed by atoms with van der Waals surface area (Å²) in [6, 6.07) is 5.80. The third-order valence-corrected chi connectivity index (χ3v) is 5.81. The predicted octanol–water partition coefficient (Wildman–Crippen LogP) is 2.03. The van der Waals surface area contributed by atoms with Crippen LogP contribution >= 0.6 is 0 Å². The molecule has 0 amide bonds. The lowest BCUT2D eigenvalue weighted by molar-refractivity contribution is 0.107. The van der Waals surface area contributed by atoms with Crippen molar-refractivity contribution in [2.75, 3.05) is 25.6 Å². The molecule has 0 aliphatic rings. The number of Topliss-reactive ketones (excluding diaryl/α,β-unsaturated/α-hetero) is 1. The van der Waals surface area contributed by atoms with E-state index < -0.39 is 19.5 Å². The average Bonchev–Trinajstić information content (AvgIpc) is 2.45. The molecule has 1 aromatic carbocycles. The lowest BCUT2D eigenvalue weighted by Gasteiger charge is -2.21. The van der Waals surface area contributed by atoms with Gasteiger partial charge in [-0.2, -0.15) is 4.31 Å². The summed E-state index contributed by atoms with van der Waals surface area (Å²) in [6.07, 6.45) is 4.45. The quantitative estimate of drug-likeness (QED) is 0.526. The summed E-state index contributed by atoms with van der Waals surface area (Å²) in [7, 11) is -5.84. The van der Waals surface area contributed by atoms with Gasteiger partial charge >= 0.3 is 0 Å². The van der Waals surface area contributed by atoms with Crippen LogP contribution in [0, 0.1) is 0 Å². The minimum atomic E-state index is -3.55. The third-order valence-electron chi connectivity index (χ3n) is 3.11. The van der Waals surface area contributed by atoms with Crippen LogP contribution in [-0.2, 0) is 19.5 Å². The van der Waals surface area contributed by atoms with E-state index in [9.17, 15) is 17.4 Å². The molecule has 7 heteroatoms. The van der Waals surface area contributed by atoms with Gasteiger partial charge in [0.05, 0.1) is 4.90 Å². The second kappa shape index (κ2) is 8.08. The van der Waals surface area contributed by atoms with Gasteiger partial charge in [0.25, 0.3) is 0 Å². The first-order chi connectivity index (χ1) is 10.6. The van der Waals surface area contributed by atoms with Crippen LogP contribution in [-0.4, -0.2) is 53.7 Å². The van der Waals surface area contributed by atoms with Gasteiger partial charge in [-0.25, -0.2) is 8.42 Å². The highest BCUT2D eigenvalue weighted by Gasteiger charge is 2.23. The molecule has 0 heterocycles. The first-order valence-electron chi connectivity index (χ1n) is 7.55. The molecule has 23 heavy (non-hydrogen) atoms. The zero-order valence-corrected chi connectivity index (χ0v) is 15.7. The fourth-order valence-corrected chi connectivity index (χ4v) is 4.39. The molecule has 0 aliphatic heterocycles. The van der Waals surface area contributed by atoms with E-state index in [2.05, 4.69) is 0 Å². The van der Waals surface area contributed by atoms with Crippen LogP contribution in [0.1, 0.15) is 37.0 Å². The maximum Gasteiger partial charge on any atom is 0.243 e. The van der Waals surface area contributed by atoms with Crippen molar-refractivity contribution in [1.82, 2.24) is 4.31 Å². The van der Waals surface area contributed by atoms with Gasteiger partial charge in [0.15, 0.2) is 5.78 Å². The molecule has 1 rings (SSSR count). The Kier molecular flexibility index (Phi) is 6.98. The van der Waals surface area contributed by atoms with Crippen LogP contribution < -0.4 is 0 Å². The molecular formula is C16H25NO4S2. The molecule has 0 bridgehead atoms. The Balaban J connectivity index is 3.12. The largest absolute Gasteiger partial charge is 0.289 e. The number of hydrogen-bond donors (Lipinski definition) is 0. The summed E-state index contributed by atoms with van der Waals surface area (Å²) in [6.45, 7) is 4.81. The number of ketones is 1. The van der Waals surface area contributed by atoms with Crippen LogP contribution in [0.3, 0.4) is 0 Å². The normalized spacial score (nSPS) is 12.4. The first kappa shape index (κ1) is 19.9. The molecule has 0 aromatic heterocycles. The summed E-state index contributed by atoms with van der Waals surface area (Å²) < 4.78 is 38.3. The topological polar surface area (TPSA) is 71.5 Å². The Hall–Kier alpha value is -1.18. The highest BCUT2D eigenvalue weighted by Crippen LogP contribution is 2.17. The monoisotopic (exact) mass is 359 g/mol. The van der Waals surface area contributed by atoms with E-state index in [1.54, 1.807) is 0 Å². The van der Waals surface area contributed by atoms with Gasteiger partial charge in [-0.05, 0) is 46.6 Å². The fraction of sp³-hybridized carbons (Fsp3) is 0.500.